The molecule has 0 atom stereocenters. The number of hydrogen-bond donors (Lipinski definition) is 1. The van der Waals surface area contributed by atoms with Crippen molar-refractivity contribution in [2.45, 2.75) is 13.3 Å². The van der Waals surface area contributed by atoms with Crippen LogP contribution >= 0.6 is 11.3 Å². The van der Waals surface area contributed by atoms with E-state index in [1.54, 1.807) is 12.3 Å². The van der Waals surface area contributed by atoms with Crippen LogP contribution in [-0.4, -0.2) is 12.3 Å². The molecule has 0 aliphatic carbocycles. The number of rotatable bonds is 5. The van der Waals surface area contributed by atoms with Crippen molar-refractivity contribution in [2.75, 3.05) is 6.54 Å². The predicted molar refractivity (Wildman–Crippen MR) is 56.1 cm³/mol. The summed E-state index contributed by atoms with van der Waals surface area (Å²) in [5.74, 6) is 0.0682. The lowest BCUT2D eigenvalue weighted by atomic mass is 10.3. The molecule has 0 unspecified atom stereocenters. The summed E-state index contributed by atoms with van der Waals surface area (Å²) in [5, 5.41) is 4.93. The summed E-state index contributed by atoms with van der Waals surface area (Å²) in [4.78, 5) is 12.1. The summed E-state index contributed by atoms with van der Waals surface area (Å²) in [6.07, 6.45) is 4.35. The first-order valence-electron chi connectivity index (χ1n) is 4.32. The number of thiophene rings is 1. The van der Waals surface area contributed by atoms with E-state index in [-0.39, 0.29) is 5.78 Å². The van der Waals surface area contributed by atoms with Crippen molar-refractivity contribution in [3.05, 3.63) is 34.7 Å². The van der Waals surface area contributed by atoms with Crippen LogP contribution in [-0.2, 0) is 0 Å². The van der Waals surface area contributed by atoms with Crippen molar-refractivity contribution < 1.29 is 4.79 Å². The number of allylic oxidation sites excluding steroid dienone is 1. The zero-order valence-electron chi connectivity index (χ0n) is 7.62. The van der Waals surface area contributed by atoms with Crippen molar-refractivity contribution in [3.8, 4) is 0 Å². The van der Waals surface area contributed by atoms with E-state index in [0.717, 1.165) is 17.8 Å². The smallest absolute Gasteiger partial charge is 0.197 e. The van der Waals surface area contributed by atoms with Gasteiger partial charge in [0, 0.05) is 18.8 Å². The van der Waals surface area contributed by atoms with E-state index in [1.807, 2.05) is 17.5 Å². The lowest BCUT2D eigenvalue weighted by Crippen LogP contribution is -2.06. The first-order valence-corrected chi connectivity index (χ1v) is 5.20. The molecule has 0 saturated carbocycles. The summed E-state index contributed by atoms with van der Waals surface area (Å²) in [5.41, 5.74) is 0. The van der Waals surface area contributed by atoms with Crippen LogP contribution in [0.2, 0.25) is 0 Å². The van der Waals surface area contributed by atoms with Gasteiger partial charge in [-0.3, -0.25) is 4.79 Å². The monoisotopic (exact) mass is 195 g/mol. The first kappa shape index (κ1) is 9.99. The van der Waals surface area contributed by atoms with Gasteiger partial charge in [0.05, 0.1) is 4.88 Å². The molecule has 0 saturated heterocycles. The van der Waals surface area contributed by atoms with Crippen LogP contribution in [0.3, 0.4) is 0 Å². The largest absolute Gasteiger partial charge is 0.391 e. The van der Waals surface area contributed by atoms with Gasteiger partial charge in [-0.05, 0) is 17.9 Å². The van der Waals surface area contributed by atoms with Crippen LogP contribution in [0, 0.1) is 0 Å². The van der Waals surface area contributed by atoms with E-state index < -0.39 is 0 Å². The molecule has 0 amide bonds. The standard InChI is InChI=1S/C10H13NOS/c1-2-6-11-7-5-9(12)10-4-3-8-13-10/h3-5,7-8,11H,2,6H2,1H3. The van der Waals surface area contributed by atoms with E-state index in [9.17, 15) is 4.79 Å². The quantitative estimate of drug-likeness (QED) is 0.444. The van der Waals surface area contributed by atoms with Gasteiger partial charge in [0.25, 0.3) is 0 Å². The maximum absolute atomic E-state index is 11.4. The minimum atomic E-state index is 0.0682. The minimum absolute atomic E-state index is 0.0682. The van der Waals surface area contributed by atoms with Gasteiger partial charge < -0.3 is 5.32 Å². The summed E-state index contributed by atoms with van der Waals surface area (Å²) >= 11 is 1.47. The third-order valence-corrected chi connectivity index (χ3v) is 2.40. The molecule has 1 aromatic rings. The maximum Gasteiger partial charge on any atom is 0.197 e. The number of carbonyl (C=O) groups excluding carboxylic acids is 1. The van der Waals surface area contributed by atoms with Crippen LogP contribution < -0.4 is 5.32 Å². The maximum atomic E-state index is 11.4. The highest BCUT2D eigenvalue weighted by Crippen LogP contribution is 2.09. The highest BCUT2D eigenvalue weighted by Gasteiger charge is 2.00. The highest BCUT2D eigenvalue weighted by molar-refractivity contribution is 7.12. The molecule has 0 spiro atoms. The number of carbonyl (C=O) groups is 1. The molecule has 0 aromatic carbocycles. The van der Waals surface area contributed by atoms with Crippen molar-refractivity contribution in [2.24, 2.45) is 0 Å². The second-order valence-corrected chi connectivity index (χ2v) is 3.58. The fourth-order valence-corrected chi connectivity index (χ4v) is 1.51. The van der Waals surface area contributed by atoms with Crippen LogP contribution in [0.15, 0.2) is 29.8 Å². The summed E-state index contributed by atoms with van der Waals surface area (Å²) in [6, 6.07) is 3.71. The summed E-state index contributed by atoms with van der Waals surface area (Å²) in [7, 11) is 0. The Morgan fingerprint density at radius 2 is 2.54 bits per heavy atom. The molecule has 2 nitrogen and oxygen atoms in total. The van der Waals surface area contributed by atoms with E-state index in [4.69, 9.17) is 0 Å². The fourth-order valence-electron chi connectivity index (χ4n) is 0.863. The second-order valence-electron chi connectivity index (χ2n) is 2.63. The summed E-state index contributed by atoms with van der Waals surface area (Å²) < 4.78 is 0. The fraction of sp³-hybridized carbons (Fsp3) is 0.300. The van der Waals surface area contributed by atoms with Gasteiger partial charge in [0.2, 0.25) is 0 Å². The van der Waals surface area contributed by atoms with Crippen molar-refractivity contribution >= 4 is 17.1 Å². The lowest BCUT2D eigenvalue weighted by Gasteiger charge is -1.93. The Morgan fingerprint density at radius 3 is 3.15 bits per heavy atom. The molecule has 0 aliphatic rings. The molecule has 1 aromatic heterocycles. The molecule has 3 heteroatoms. The molecular weight excluding hydrogens is 182 g/mol. The molecule has 0 bridgehead atoms. The Balaban J connectivity index is 2.38. The Morgan fingerprint density at radius 1 is 1.69 bits per heavy atom. The van der Waals surface area contributed by atoms with Crippen LogP contribution in [0.25, 0.3) is 0 Å². The van der Waals surface area contributed by atoms with E-state index in [0.29, 0.717) is 0 Å². The Hall–Kier alpha value is -1.09. The van der Waals surface area contributed by atoms with Gasteiger partial charge in [-0.15, -0.1) is 11.3 Å². The van der Waals surface area contributed by atoms with Gasteiger partial charge >= 0.3 is 0 Å². The van der Waals surface area contributed by atoms with Crippen molar-refractivity contribution in [3.63, 3.8) is 0 Å². The van der Waals surface area contributed by atoms with E-state index >= 15 is 0 Å². The molecular formula is C10H13NOS. The number of hydrogen-bond acceptors (Lipinski definition) is 3. The van der Waals surface area contributed by atoms with Gasteiger partial charge in [-0.2, -0.15) is 0 Å². The average molecular weight is 195 g/mol. The molecule has 1 rings (SSSR count). The first-order chi connectivity index (χ1) is 6.34. The van der Waals surface area contributed by atoms with Crippen molar-refractivity contribution in [1.29, 1.82) is 0 Å². The SMILES string of the molecule is CCCNC=CC(=O)c1cccs1. The van der Waals surface area contributed by atoms with Gasteiger partial charge in [-0.25, -0.2) is 0 Å². The Bertz CT molecular complexity index is 277. The number of nitrogens with one attached hydrogen (secondary N) is 1. The average Bonchev–Trinajstić information content (AvgIpc) is 2.65. The minimum Gasteiger partial charge on any atom is -0.391 e. The normalized spacial score (nSPS) is 10.5. The molecule has 1 heterocycles. The molecule has 70 valence electrons. The Labute approximate surface area is 82.3 Å². The Kier molecular flexibility index (Phi) is 4.26. The molecule has 0 aliphatic heterocycles. The van der Waals surface area contributed by atoms with Gasteiger partial charge in [0.15, 0.2) is 5.78 Å². The number of ketones is 1. The molecule has 0 fully saturated rings. The van der Waals surface area contributed by atoms with Crippen LogP contribution in [0.1, 0.15) is 23.0 Å². The van der Waals surface area contributed by atoms with Gasteiger partial charge in [0.1, 0.15) is 0 Å². The second kappa shape index (κ2) is 5.54. The molecule has 13 heavy (non-hydrogen) atoms. The molecule has 0 radical (unpaired) electrons. The highest BCUT2D eigenvalue weighted by atomic mass is 32.1. The van der Waals surface area contributed by atoms with Crippen molar-refractivity contribution in [1.82, 2.24) is 5.32 Å². The topological polar surface area (TPSA) is 29.1 Å². The summed E-state index contributed by atoms with van der Waals surface area (Å²) in [6.45, 7) is 3.00. The zero-order valence-corrected chi connectivity index (χ0v) is 8.43. The van der Waals surface area contributed by atoms with Crippen LogP contribution in [0.5, 0.6) is 0 Å². The third-order valence-electron chi connectivity index (χ3n) is 1.51. The van der Waals surface area contributed by atoms with E-state index in [1.165, 1.54) is 11.3 Å². The predicted octanol–water partition coefficient (Wildman–Crippen LogP) is 2.44. The van der Waals surface area contributed by atoms with Crippen LogP contribution in [0.4, 0.5) is 0 Å². The third kappa shape index (κ3) is 3.42. The lowest BCUT2D eigenvalue weighted by molar-refractivity contribution is 0.105. The zero-order chi connectivity index (χ0) is 9.52. The van der Waals surface area contributed by atoms with Gasteiger partial charge in [-0.1, -0.05) is 13.0 Å². The molecule has 1 N–H and O–H groups in total. The van der Waals surface area contributed by atoms with E-state index in [2.05, 4.69) is 12.2 Å².